The van der Waals surface area contributed by atoms with Gasteiger partial charge in [0.15, 0.2) is 5.82 Å². The number of rotatable bonds is 6. The Morgan fingerprint density at radius 3 is 2.55 bits per heavy atom. The summed E-state index contributed by atoms with van der Waals surface area (Å²) in [6, 6.07) is 7.70. The van der Waals surface area contributed by atoms with Gasteiger partial charge in [0, 0.05) is 36.4 Å². The third-order valence-corrected chi connectivity index (χ3v) is 6.05. The molecular formula is C24H30FN7O. The first-order valence-corrected chi connectivity index (χ1v) is 11.1. The van der Waals surface area contributed by atoms with Crippen molar-refractivity contribution in [2.45, 2.75) is 39.3 Å². The van der Waals surface area contributed by atoms with E-state index in [1.54, 1.807) is 18.3 Å². The summed E-state index contributed by atoms with van der Waals surface area (Å²) < 4.78 is 16.5. The number of anilines is 2. The molecule has 1 aliphatic rings. The van der Waals surface area contributed by atoms with Gasteiger partial charge in [0.1, 0.15) is 11.5 Å². The Morgan fingerprint density at radius 1 is 1.18 bits per heavy atom. The van der Waals surface area contributed by atoms with Gasteiger partial charge < -0.3 is 19.7 Å². The Balaban J connectivity index is 1.50. The lowest BCUT2D eigenvalue weighted by Gasteiger charge is -2.20. The predicted octanol–water partition coefficient (Wildman–Crippen LogP) is 3.89. The Kier molecular flexibility index (Phi) is 6.42. The number of likely N-dealkylation sites (tertiary alicyclic amines) is 1. The number of amides is 1. The second-order valence-electron chi connectivity index (χ2n) is 8.90. The molecule has 174 valence electrons. The van der Waals surface area contributed by atoms with E-state index in [0.29, 0.717) is 23.0 Å². The average Bonchev–Trinajstić information content (AvgIpc) is 3.42. The molecule has 0 saturated carbocycles. The number of aryl methyl sites for hydroxylation is 1. The molecule has 8 nitrogen and oxygen atoms in total. The predicted molar refractivity (Wildman–Crippen MR) is 126 cm³/mol. The summed E-state index contributed by atoms with van der Waals surface area (Å²) in [6.07, 6.45) is 3.77. The molecule has 0 radical (unpaired) electrons. The number of hydrogen-bond acceptors (Lipinski definition) is 6. The van der Waals surface area contributed by atoms with Crippen LogP contribution in [0.1, 0.15) is 42.5 Å². The lowest BCUT2D eigenvalue weighted by molar-refractivity contribution is 0.0783. The van der Waals surface area contributed by atoms with E-state index in [4.69, 9.17) is 0 Å². The highest BCUT2D eigenvalue weighted by molar-refractivity contribution is 5.94. The lowest BCUT2D eigenvalue weighted by Crippen LogP contribution is -2.34. The van der Waals surface area contributed by atoms with Crippen LogP contribution in [0.4, 0.5) is 16.0 Å². The third-order valence-electron chi connectivity index (χ3n) is 6.05. The molecule has 1 fully saturated rings. The zero-order valence-corrected chi connectivity index (χ0v) is 19.7. The van der Waals surface area contributed by atoms with Gasteiger partial charge in [-0.25, -0.2) is 19.3 Å². The Labute approximate surface area is 193 Å². The van der Waals surface area contributed by atoms with Crippen molar-refractivity contribution in [3.05, 3.63) is 53.9 Å². The highest BCUT2D eigenvalue weighted by Gasteiger charge is 2.28. The number of likely N-dealkylation sites (N-methyl/N-ethyl adjacent to an activating group) is 1. The van der Waals surface area contributed by atoms with E-state index in [2.05, 4.69) is 25.2 Å². The SMILES string of the molecule is Cc1ncc(-c2nc(Nc3ccc(C(=O)N4CC[C@H](N(C)C)C4)cc3)ncc2F)n1C(C)C. The molecule has 1 N–H and O–H groups in total. The van der Waals surface area contributed by atoms with Crippen LogP contribution in [0.15, 0.2) is 36.7 Å². The molecule has 1 aliphatic heterocycles. The van der Waals surface area contributed by atoms with Crippen molar-refractivity contribution in [1.82, 2.24) is 29.3 Å². The van der Waals surface area contributed by atoms with Gasteiger partial charge >= 0.3 is 0 Å². The van der Waals surface area contributed by atoms with E-state index in [-0.39, 0.29) is 23.6 Å². The molecule has 3 heterocycles. The van der Waals surface area contributed by atoms with Gasteiger partial charge in [-0.05, 0) is 65.6 Å². The number of carbonyl (C=O) groups excluding carboxylic acids is 1. The van der Waals surface area contributed by atoms with Crippen molar-refractivity contribution in [2.75, 3.05) is 32.5 Å². The molecule has 1 atom stereocenters. The standard InChI is InChI=1S/C24H30FN7O/c1-15(2)32-16(3)26-13-21(32)22-20(25)12-27-24(29-22)28-18-8-6-17(7-9-18)23(33)31-11-10-19(14-31)30(4)5/h6-9,12-13,15,19H,10-11,14H2,1-5H3,(H,27,28,29)/t19-/m0/s1. The number of nitrogens with one attached hydrogen (secondary N) is 1. The van der Waals surface area contributed by atoms with Crippen LogP contribution < -0.4 is 5.32 Å². The highest BCUT2D eigenvalue weighted by Crippen LogP contribution is 2.26. The van der Waals surface area contributed by atoms with Gasteiger partial charge in [0.05, 0.1) is 18.1 Å². The summed E-state index contributed by atoms with van der Waals surface area (Å²) in [4.78, 5) is 29.7. The van der Waals surface area contributed by atoms with Crippen molar-refractivity contribution in [2.24, 2.45) is 0 Å². The number of nitrogens with zero attached hydrogens (tertiary/aromatic N) is 6. The molecule has 0 spiro atoms. The maximum Gasteiger partial charge on any atom is 0.253 e. The van der Waals surface area contributed by atoms with Crippen molar-refractivity contribution >= 4 is 17.5 Å². The molecule has 33 heavy (non-hydrogen) atoms. The van der Waals surface area contributed by atoms with Crippen LogP contribution in [0.5, 0.6) is 0 Å². The summed E-state index contributed by atoms with van der Waals surface area (Å²) in [7, 11) is 4.08. The van der Waals surface area contributed by atoms with E-state index in [0.717, 1.165) is 31.5 Å². The summed E-state index contributed by atoms with van der Waals surface area (Å²) in [5.74, 6) is 0.587. The first-order chi connectivity index (χ1) is 15.7. The summed E-state index contributed by atoms with van der Waals surface area (Å²) in [6.45, 7) is 7.42. The minimum Gasteiger partial charge on any atom is -0.337 e. The van der Waals surface area contributed by atoms with Gasteiger partial charge in [0.25, 0.3) is 5.91 Å². The number of imidazole rings is 1. The maximum absolute atomic E-state index is 14.6. The fourth-order valence-corrected chi connectivity index (χ4v) is 4.24. The molecule has 3 aromatic rings. The van der Waals surface area contributed by atoms with E-state index < -0.39 is 5.82 Å². The summed E-state index contributed by atoms with van der Waals surface area (Å²) in [5.41, 5.74) is 2.15. The number of halogens is 1. The molecule has 1 amide bonds. The van der Waals surface area contributed by atoms with Crippen LogP contribution in [0.3, 0.4) is 0 Å². The minimum absolute atomic E-state index is 0.0311. The maximum atomic E-state index is 14.6. The Morgan fingerprint density at radius 2 is 1.91 bits per heavy atom. The quantitative estimate of drug-likeness (QED) is 0.613. The molecule has 1 saturated heterocycles. The van der Waals surface area contributed by atoms with Crippen LogP contribution >= 0.6 is 0 Å². The number of carbonyl (C=O) groups is 1. The fraction of sp³-hybridized carbons (Fsp3) is 0.417. The summed E-state index contributed by atoms with van der Waals surface area (Å²) >= 11 is 0. The molecule has 2 aromatic heterocycles. The highest BCUT2D eigenvalue weighted by atomic mass is 19.1. The molecule has 0 unspecified atom stereocenters. The van der Waals surface area contributed by atoms with Crippen molar-refractivity contribution in [1.29, 1.82) is 0 Å². The smallest absolute Gasteiger partial charge is 0.253 e. The topological polar surface area (TPSA) is 79.2 Å². The van der Waals surface area contributed by atoms with E-state index in [9.17, 15) is 9.18 Å². The van der Waals surface area contributed by atoms with Crippen molar-refractivity contribution in [3.8, 4) is 11.4 Å². The van der Waals surface area contributed by atoms with Crippen LogP contribution in [-0.2, 0) is 0 Å². The van der Waals surface area contributed by atoms with E-state index in [1.165, 1.54) is 0 Å². The fourth-order valence-electron chi connectivity index (χ4n) is 4.24. The largest absolute Gasteiger partial charge is 0.337 e. The lowest BCUT2D eigenvalue weighted by atomic mass is 10.2. The molecule has 0 aliphatic carbocycles. The van der Waals surface area contributed by atoms with E-state index in [1.807, 2.05) is 56.5 Å². The van der Waals surface area contributed by atoms with Gasteiger partial charge in [-0.15, -0.1) is 0 Å². The molecule has 0 bridgehead atoms. The summed E-state index contributed by atoms with van der Waals surface area (Å²) in [5, 5.41) is 3.10. The molecular weight excluding hydrogens is 421 g/mol. The zero-order valence-electron chi connectivity index (χ0n) is 19.7. The number of aromatic nitrogens is 4. The third kappa shape index (κ3) is 4.73. The van der Waals surface area contributed by atoms with Crippen LogP contribution in [-0.4, -0.2) is 68.5 Å². The van der Waals surface area contributed by atoms with Crippen molar-refractivity contribution < 1.29 is 9.18 Å². The molecule has 1 aromatic carbocycles. The Hall–Kier alpha value is -3.33. The molecule has 4 rings (SSSR count). The normalized spacial score (nSPS) is 16.1. The first-order valence-electron chi connectivity index (χ1n) is 11.1. The van der Waals surface area contributed by atoms with Crippen molar-refractivity contribution in [3.63, 3.8) is 0 Å². The van der Waals surface area contributed by atoms with Gasteiger partial charge in [-0.1, -0.05) is 0 Å². The minimum atomic E-state index is -0.509. The second kappa shape index (κ2) is 9.27. The second-order valence-corrected chi connectivity index (χ2v) is 8.90. The number of hydrogen-bond donors (Lipinski definition) is 1. The first kappa shape index (κ1) is 22.8. The monoisotopic (exact) mass is 451 g/mol. The van der Waals surface area contributed by atoms with Crippen LogP contribution in [0.25, 0.3) is 11.4 Å². The van der Waals surface area contributed by atoms with Gasteiger partial charge in [-0.3, -0.25) is 4.79 Å². The Bertz CT molecular complexity index is 1140. The van der Waals surface area contributed by atoms with Crippen LogP contribution in [0.2, 0.25) is 0 Å². The zero-order chi connectivity index (χ0) is 23.7. The number of benzene rings is 1. The van der Waals surface area contributed by atoms with E-state index >= 15 is 0 Å². The average molecular weight is 452 g/mol. The van der Waals surface area contributed by atoms with Gasteiger partial charge in [0.2, 0.25) is 5.95 Å². The van der Waals surface area contributed by atoms with Gasteiger partial charge in [-0.2, -0.15) is 0 Å². The van der Waals surface area contributed by atoms with Crippen LogP contribution in [0, 0.1) is 12.7 Å². The molecule has 9 heteroatoms.